The lowest BCUT2D eigenvalue weighted by Crippen LogP contribution is -2.36. The van der Waals surface area contributed by atoms with Crippen LogP contribution >= 0.6 is 0 Å². The van der Waals surface area contributed by atoms with Crippen molar-refractivity contribution in [2.75, 3.05) is 38.3 Å². The zero-order valence-corrected chi connectivity index (χ0v) is 11.9. The van der Waals surface area contributed by atoms with Crippen LogP contribution in [0.2, 0.25) is 0 Å². The second-order valence-corrected chi connectivity index (χ2v) is 4.70. The van der Waals surface area contributed by atoms with Gasteiger partial charge in [0, 0.05) is 26.3 Å². The van der Waals surface area contributed by atoms with E-state index in [-0.39, 0.29) is 1.43 Å². The largest absolute Gasteiger partial charge is 0.378 e. The predicted octanol–water partition coefficient (Wildman–Crippen LogP) is 2.09. The van der Waals surface area contributed by atoms with Crippen LogP contribution in [-0.2, 0) is 4.74 Å². The topological polar surface area (TPSA) is 37.4 Å². The number of ether oxygens (including phenoxy) is 1. The van der Waals surface area contributed by atoms with Crippen molar-refractivity contribution in [3.63, 3.8) is 0 Å². The molecule has 1 fully saturated rings. The first-order valence-corrected chi connectivity index (χ1v) is 6.56. The van der Waals surface area contributed by atoms with E-state index in [1.165, 1.54) is 5.69 Å². The monoisotopic (exact) mass is 253 g/mol. The second-order valence-electron chi connectivity index (χ2n) is 4.70. The Morgan fingerprint density at radius 3 is 2.39 bits per heavy atom. The molecular formula is C14H27N3O. The molecule has 1 saturated heterocycles. The third-order valence-corrected chi connectivity index (χ3v) is 2.85. The quantitative estimate of drug-likeness (QED) is 0.876. The van der Waals surface area contributed by atoms with Gasteiger partial charge in [-0.1, -0.05) is 13.8 Å². The number of aromatic nitrogens is 1. The fourth-order valence-electron chi connectivity index (χ4n) is 1.47. The summed E-state index contributed by atoms with van der Waals surface area (Å²) >= 11 is 0. The highest BCUT2D eigenvalue weighted by atomic mass is 16.5. The molecule has 0 aromatic carbocycles. The Labute approximate surface area is 112 Å². The van der Waals surface area contributed by atoms with Gasteiger partial charge >= 0.3 is 0 Å². The first-order valence-electron chi connectivity index (χ1n) is 6.56. The summed E-state index contributed by atoms with van der Waals surface area (Å²) in [7, 11) is 1.95. The molecule has 0 unspecified atom stereocenters. The number of anilines is 1. The Kier molecular flexibility index (Phi) is 6.68. The van der Waals surface area contributed by atoms with Crippen LogP contribution < -0.4 is 10.2 Å². The average molecular weight is 253 g/mol. The Balaban J connectivity index is 0.000000471. The van der Waals surface area contributed by atoms with Crippen LogP contribution in [0.3, 0.4) is 0 Å². The third kappa shape index (κ3) is 5.47. The smallest absolute Gasteiger partial charge is 0.0642 e. The van der Waals surface area contributed by atoms with Crippen molar-refractivity contribution in [3.05, 3.63) is 24.0 Å². The molecule has 0 saturated carbocycles. The lowest BCUT2D eigenvalue weighted by Gasteiger charge is -2.28. The summed E-state index contributed by atoms with van der Waals surface area (Å²) in [5.41, 5.74) is 2.27. The number of nitrogens with zero attached hydrogens (tertiary/aromatic N) is 2. The van der Waals surface area contributed by atoms with Crippen molar-refractivity contribution in [2.24, 2.45) is 0 Å². The van der Waals surface area contributed by atoms with Crippen molar-refractivity contribution in [1.82, 2.24) is 10.3 Å². The van der Waals surface area contributed by atoms with E-state index in [1.54, 1.807) is 0 Å². The van der Waals surface area contributed by atoms with Gasteiger partial charge in [0.25, 0.3) is 0 Å². The van der Waals surface area contributed by atoms with Gasteiger partial charge in [-0.15, -0.1) is 0 Å². The van der Waals surface area contributed by atoms with Crippen molar-refractivity contribution in [1.29, 1.82) is 0 Å². The molecule has 104 valence electrons. The van der Waals surface area contributed by atoms with Crippen LogP contribution in [0.1, 0.15) is 21.0 Å². The molecule has 0 radical (unpaired) electrons. The summed E-state index contributed by atoms with van der Waals surface area (Å²) in [6.45, 7) is 9.83. The number of hydrogen-bond acceptors (Lipinski definition) is 4. The molecule has 2 heterocycles. The maximum Gasteiger partial charge on any atom is 0.0642 e. The van der Waals surface area contributed by atoms with Gasteiger partial charge in [0.05, 0.1) is 25.1 Å². The molecule has 1 N–H and O–H groups in total. The molecule has 1 aromatic rings. The van der Waals surface area contributed by atoms with Gasteiger partial charge in [0.1, 0.15) is 0 Å². The van der Waals surface area contributed by atoms with Crippen LogP contribution in [0.25, 0.3) is 0 Å². The second kappa shape index (κ2) is 8.06. The zero-order chi connectivity index (χ0) is 13.4. The number of rotatable bonds is 2. The van der Waals surface area contributed by atoms with E-state index in [1.807, 2.05) is 26.2 Å². The molecule has 18 heavy (non-hydrogen) atoms. The normalized spacial score (nSPS) is 15.3. The summed E-state index contributed by atoms with van der Waals surface area (Å²) in [5.74, 6) is 0. The number of nitrogens with one attached hydrogen (secondary N) is 1. The van der Waals surface area contributed by atoms with Gasteiger partial charge in [-0.25, -0.2) is 0 Å². The number of aryl methyl sites for hydroxylation is 1. The highest BCUT2D eigenvalue weighted by molar-refractivity contribution is 5.44. The van der Waals surface area contributed by atoms with Gasteiger partial charge in [-0.05, 0) is 26.1 Å². The Morgan fingerprint density at radius 1 is 1.33 bits per heavy atom. The van der Waals surface area contributed by atoms with Crippen LogP contribution in [0.15, 0.2) is 18.3 Å². The summed E-state index contributed by atoms with van der Waals surface area (Å²) in [5, 5.41) is 3.03. The van der Waals surface area contributed by atoms with Crippen molar-refractivity contribution < 1.29 is 6.16 Å². The van der Waals surface area contributed by atoms with Crippen LogP contribution in [0.4, 0.5) is 5.69 Å². The average Bonchev–Trinajstić information content (AvgIpc) is 2.41. The van der Waals surface area contributed by atoms with Gasteiger partial charge < -0.3 is 15.0 Å². The molecule has 1 aliphatic heterocycles. The highest BCUT2D eigenvalue weighted by Crippen LogP contribution is 2.13. The van der Waals surface area contributed by atoms with Crippen LogP contribution in [-0.4, -0.2) is 44.4 Å². The summed E-state index contributed by atoms with van der Waals surface area (Å²) in [6.07, 6.45) is 1.93. The first-order chi connectivity index (χ1) is 8.63. The molecule has 0 spiro atoms. The molecule has 2 rings (SSSR count). The highest BCUT2D eigenvalue weighted by Gasteiger charge is 2.10. The Bertz CT molecular complexity index is 324. The molecule has 4 heteroatoms. The lowest BCUT2D eigenvalue weighted by atomic mass is 10.3. The molecule has 0 aliphatic carbocycles. The SMILES string of the molecule is CNC(C)C.Cc1ccc(N2CCOCC2)cn1.[HH]. The molecule has 0 atom stereocenters. The fourth-order valence-corrected chi connectivity index (χ4v) is 1.47. The van der Waals surface area contributed by atoms with Crippen LogP contribution in [0.5, 0.6) is 0 Å². The van der Waals surface area contributed by atoms with E-state index >= 15 is 0 Å². The molecule has 0 amide bonds. The fraction of sp³-hybridized carbons (Fsp3) is 0.643. The zero-order valence-electron chi connectivity index (χ0n) is 11.9. The maximum absolute atomic E-state index is 5.28. The van der Waals surface area contributed by atoms with Gasteiger partial charge in [0.15, 0.2) is 0 Å². The number of hydrogen-bond donors (Lipinski definition) is 1. The Morgan fingerprint density at radius 2 is 1.94 bits per heavy atom. The van der Waals surface area contributed by atoms with E-state index in [0.29, 0.717) is 6.04 Å². The number of morpholine rings is 1. The van der Waals surface area contributed by atoms with E-state index in [9.17, 15) is 0 Å². The van der Waals surface area contributed by atoms with Crippen molar-refractivity contribution in [2.45, 2.75) is 26.8 Å². The van der Waals surface area contributed by atoms with Gasteiger partial charge in [-0.2, -0.15) is 0 Å². The van der Waals surface area contributed by atoms with Crippen LogP contribution in [0, 0.1) is 6.92 Å². The maximum atomic E-state index is 5.28. The van der Waals surface area contributed by atoms with E-state index in [4.69, 9.17) is 4.74 Å². The molecule has 4 nitrogen and oxygen atoms in total. The summed E-state index contributed by atoms with van der Waals surface area (Å²) < 4.78 is 5.28. The minimum Gasteiger partial charge on any atom is -0.378 e. The van der Waals surface area contributed by atoms with E-state index < -0.39 is 0 Å². The standard InChI is InChI=1S/C10H14N2O.C4H11N.H2/c1-9-2-3-10(8-11-9)12-4-6-13-7-5-12;1-4(2)5-3;/h2-3,8H,4-7H2,1H3;4-5H,1-3H3;1H. The summed E-state index contributed by atoms with van der Waals surface area (Å²) in [6, 6.07) is 4.80. The predicted molar refractivity (Wildman–Crippen MR) is 78.3 cm³/mol. The molecule has 1 aliphatic rings. The van der Waals surface area contributed by atoms with Gasteiger partial charge in [0.2, 0.25) is 0 Å². The molecule has 1 aromatic heterocycles. The third-order valence-electron chi connectivity index (χ3n) is 2.85. The molecule has 0 bridgehead atoms. The lowest BCUT2D eigenvalue weighted by molar-refractivity contribution is 0.122. The van der Waals surface area contributed by atoms with E-state index in [0.717, 1.165) is 32.0 Å². The van der Waals surface area contributed by atoms with E-state index in [2.05, 4.69) is 35.1 Å². The van der Waals surface area contributed by atoms with Crippen molar-refractivity contribution >= 4 is 5.69 Å². The molecular weight excluding hydrogens is 226 g/mol. The summed E-state index contributed by atoms with van der Waals surface area (Å²) in [4.78, 5) is 6.57. The minimum absolute atomic E-state index is 0. The number of pyridine rings is 1. The van der Waals surface area contributed by atoms with Crippen molar-refractivity contribution in [3.8, 4) is 0 Å². The minimum atomic E-state index is 0. The first kappa shape index (κ1) is 14.9. The Hall–Kier alpha value is -1.13. The van der Waals surface area contributed by atoms with Gasteiger partial charge in [-0.3, -0.25) is 4.98 Å².